The van der Waals surface area contributed by atoms with Crippen molar-refractivity contribution in [1.82, 2.24) is 25.0 Å². The minimum atomic E-state index is -0.582. The Kier molecular flexibility index (Phi) is 4.51. The maximum atomic E-state index is 12.1. The Bertz CT molecular complexity index is 482. The highest BCUT2D eigenvalue weighted by molar-refractivity contribution is 5.87. The molecule has 3 N–H and O–H groups in total. The number of amides is 2. The minimum absolute atomic E-state index is 0.0229. The van der Waals surface area contributed by atoms with E-state index < -0.39 is 6.04 Å². The highest BCUT2D eigenvalue weighted by atomic mass is 16.5. The molecule has 1 unspecified atom stereocenters. The first-order valence-corrected chi connectivity index (χ1v) is 6.37. The van der Waals surface area contributed by atoms with Crippen molar-refractivity contribution in [2.24, 2.45) is 0 Å². The Balaban J connectivity index is 1.82. The van der Waals surface area contributed by atoms with Crippen molar-refractivity contribution < 1.29 is 14.3 Å². The summed E-state index contributed by atoms with van der Waals surface area (Å²) in [6.45, 7) is 3.81. The second-order valence-electron chi connectivity index (χ2n) is 4.53. The van der Waals surface area contributed by atoms with Crippen LogP contribution < -0.4 is 11.1 Å². The summed E-state index contributed by atoms with van der Waals surface area (Å²) >= 11 is 0. The number of morpholine rings is 1. The van der Waals surface area contributed by atoms with Gasteiger partial charge < -0.3 is 20.7 Å². The molecule has 20 heavy (non-hydrogen) atoms. The Labute approximate surface area is 116 Å². The number of anilines is 1. The zero-order chi connectivity index (χ0) is 14.5. The summed E-state index contributed by atoms with van der Waals surface area (Å²) in [4.78, 5) is 29.3. The number of ether oxygens (including phenoxy) is 1. The van der Waals surface area contributed by atoms with Gasteiger partial charge in [0.05, 0.1) is 13.2 Å². The molecule has 0 bridgehead atoms. The number of hydrogen-bond donors (Lipinski definition) is 2. The van der Waals surface area contributed by atoms with Crippen molar-refractivity contribution in [3.63, 3.8) is 0 Å². The van der Waals surface area contributed by atoms with Crippen LogP contribution in [0.5, 0.6) is 0 Å². The first-order chi connectivity index (χ1) is 9.56. The molecule has 2 rings (SSSR count). The summed E-state index contributed by atoms with van der Waals surface area (Å²) in [6, 6.07) is -0.582. The summed E-state index contributed by atoms with van der Waals surface area (Å²) in [6.07, 6.45) is 1.36. The van der Waals surface area contributed by atoms with Crippen LogP contribution in [0.1, 0.15) is 6.92 Å². The molecule has 0 spiro atoms. The van der Waals surface area contributed by atoms with Gasteiger partial charge in [0.1, 0.15) is 18.9 Å². The lowest BCUT2D eigenvalue weighted by atomic mass is 10.2. The molecule has 1 aromatic heterocycles. The molecule has 0 radical (unpaired) electrons. The number of carbonyl (C=O) groups is 2. The molecule has 0 aromatic carbocycles. The van der Waals surface area contributed by atoms with Gasteiger partial charge in [-0.25, -0.2) is 9.67 Å². The van der Waals surface area contributed by atoms with Gasteiger partial charge in [0.25, 0.3) is 0 Å². The van der Waals surface area contributed by atoms with E-state index in [1.54, 1.807) is 11.8 Å². The molecule has 9 nitrogen and oxygen atoms in total. The van der Waals surface area contributed by atoms with E-state index in [1.807, 2.05) is 0 Å². The lowest BCUT2D eigenvalue weighted by Crippen LogP contribution is -2.51. The Morgan fingerprint density at radius 1 is 1.50 bits per heavy atom. The van der Waals surface area contributed by atoms with Crippen molar-refractivity contribution in [1.29, 1.82) is 0 Å². The molecular weight excluding hydrogens is 264 g/mol. The van der Waals surface area contributed by atoms with Crippen LogP contribution in [0.25, 0.3) is 0 Å². The average Bonchev–Trinajstić information content (AvgIpc) is 2.84. The predicted octanol–water partition coefficient (Wildman–Crippen LogP) is -1.78. The highest BCUT2D eigenvalue weighted by Crippen LogP contribution is 2.00. The van der Waals surface area contributed by atoms with Gasteiger partial charge in [-0.3, -0.25) is 9.59 Å². The number of hydrogen-bond acceptors (Lipinski definition) is 6. The molecule has 1 atom stereocenters. The molecule has 9 heteroatoms. The standard InChI is InChI=1S/C11H18N6O3/c1-8(10(19)16-2-4-20-5-3-16)14-9(18)6-17-7-13-11(12)15-17/h7-8H,2-6H2,1H3,(H2,12,15)(H,14,18). The maximum Gasteiger partial charge on any atom is 0.245 e. The van der Waals surface area contributed by atoms with Gasteiger partial charge in [0, 0.05) is 13.1 Å². The number of nitrogens with two attached hydrogens (primary N) is 1. The van der Waals surface area contributed by atoms with Gasteiger partial charge in [-0.1, -0.05) is 0 Å². The van der Waals surface area contributed by atoms with Crippen LogP contribution in [-0.2, 0) is 20.9 Å². The van der Waals surface area contributed by atoms with E-state index in [-0.39, 0.29) is 24.3 Å². The van der Waals surface area contributed by atoms with Crippen LogP contribution in [-0.4, -0.2) is 63.8 Å². The summed E-state index contributed by atoms with van der Waals surface area (Å²) in [5.74, 6) is -0.320. The molecule has 2 heterocycles. The molecule has 1 saturated heterocycles. The fourth-order valence-corrected chi connectivity index (χ4v) is 1.94. The van der Waals surface area contributed by atoms with Gasteiger partial charge >= 0.3 is 0 Å². The van der Waals surface area contributed by atoms with Crippen LogP contribution in [0, 0.1) is 0 Å². The third-order valence-electron chi connectivity index (χ3n) is 2.93. The normalized spacial score (nSPS) is 16.8. The lowest BCUT2D eigenvalue weighted by Gasteiger charge is -2.29. The molecule has 1 fully saturated rings. The van der Waals surface area contributed by atoms with E-state index in [9.17, 15) is 9.59 Å². The number of nitrogens with zero attached hydrogens (tertiary/aromatic N) is 4. The number of nitrogen functional groups attached to an aromatic ring is 1. The first kappa shape index (κ1) is 14.3. The predicted molar refractivity (Wildman–Crippen MR) is 69.4 cm³/mol. The van der Waals surface area contributed by atoms with E-state index in [2.05, 4.69) is 15.4 Å². The molecule has 2 amide bonds. The second kappa shape index (κ2) is 6.33. The molecule has 1 aliphatic rings. The molecule has 110 valence electrons. The Morgan fingerprint density at radius 2 is 2.20 bits per heavy atom. The molecule has 1 aromatic rings. The quantitative estimate of drug-likeness (QED) is 0.675. The highest BCUT2D eigenvalue weighted by Gasteiger charge is 2.23. The molecule has 0 aliphatic carbocycles. The van der Waals surface area contributed by atoms with E-state index >= 15 is 0 Å². The maximum absolute atomic E-state index is 12.1. The minimum Gasteiger partial charge on any atom is -0.378 e. The third kappa shape index (κ3) is 3.67. The van der Waals surface area contributed by atoms with Gasteiger partial charge in [0.15, 0.2) is 0 Å². The van der Waals surface area contributed by atoms with Crippen molar-refractivity contribution >= 4 is 17.8 Å². The SMILES string of the molecule is CC(NC(=O)Cn1cnc(N)n1)C(=O)N1CCOCC1. The van der Waals surface area contributed by atoms with Crippen molar-refractivity contribution in [2.75, 3.05) is 32.0 Å². The van der Waals surface area contributed by atoms with Crippen LogP contribution in [0.3, 0.4) is 0 Å². The first-order valence-electron chi connectivity index (χ1n) is 6.37. The van der Waals surface area contributed by atoms with Crippen LogP contribution >= 0.6 is 0 Å². The van der Waals surface area contributed by atoms with Crippen molar-refractivity contribution in [2.45, 2.75) is 19.5 Å². The fraction of sp³-hybridized carbons (Fsp3) is 0.636. The Hall–Kier alpha value is -2.16. The molecule has 0 saturated carbocycles. The van der Waals surface area contributed by atoms with Crippen LogP contribution in [0.4, 0.5) is 5.95 Å². The summed E-state index contributed by atoms with van der Waals surface area (Å²) in [5.41, 5.74) is 5.35. The van der Waals surface area contributed by atoms with Gasteiger partial charge in [-0.2, -0.15) is 0 Å². The monoisotopic (exact) mass is 282 g/mol. The number of nitrogens with one attached hydrogen (secondary N) is 1. The third-order valence-corrected chi connectivity index (χ3v) is 2.93. The summed E-state index contributed by atoms with van der Waals surface area (Å²) < 4.78 is 6.50. The summed E-state index contributed by atoms with van der Waals surface area (Å²) in [7, 11) is 0. The Morgan fingerprint density at radius 3 is 2.80 bits per heavy atom. The topological polar surface area (TPSA) is 115 Å². The largest absolute Gasteiger partial charge is 0.378 e. The van der Waals surface area contributed by atoms with Gasteiger partial charge in [0.2, 0.25) is 17.8 Å². The zero-order valence-electron chi connectivity index (χ0n) is 11.3. The zero-order valence-corrected chi connectivity index (χ0v) is 11.3. The van der Waals surface area contributed by atoms with E-state index in [0.29, 0.717) is 26.3 Å². The van der Waals surface area contributed by atoms with Gasteiger partial charge in [-0.15, -0.1) is 5.10 Å². The van der Waals surface area contributed by atoms with Crippen molar-refractivity contribution in [3.05, 3.63) is 6.33 Å². The average molecular weight is 282 g/mol. The number of carbonyl (C=O) groups excluding carboxylic acids is 2. The van der Waals surface area contributed by atoms with Crippen LogP contribution in [0.15, 0.2) is 6.33 Å². The van der Waals surface area contributed by atoms with Gasteiger partial charge in [-0.05, 0) is 6.92 Å². The van der Waals surface area contributed by atoms with Crippen molar-refractivity contribution in [3.8, 4) is 0 Å². The van der Waals surface area contributed by atoms with E-state index in [4.69, 9.17) is 10.5 Å². The number of aromatic nitrogens is 3. The van der Waals surface area contributed by atoms with E-state index in [1.165, 1.54) is 11.0 Å². The van der Waals surface area contributed by atoms with Crippen LogP contribution in [0.2, 0.25) is 0 Å². The molecule has 1 aliphatic heterocycles. The fourth-order valence-electron chi connectivity index (χ4n) is 1.94. The molecular formula is C11H18N6O3. The lowest BCUT2D eigenvalue weighted by molar-refractivity contribution is -0.139. The van der Waals surface area contributed by atoms with E-state index in [0.717, 1.165) is 0 Å². The number of rotatable bonds is 4. The summed E-state index contributed by atoms with van der Waals surface area (Å²) in [5, 5.41) is 6.44. The second-order valence-corrected chi connectivity index (χ2v) is 4.53. The smallest absolute Gasteiger partial charge is 0.245 e.